The lowest BCUT2D eigenvalue weighted by Gasteiger charge is -2.37. The summed E-state index contributed by atoms with van der Waals surface area (Å²) in [6, 6.07) is 3.46. The second-order valence-electron chi connectivity index (χ2n) is 5.54. The Balaban J connectivity index is 4.75. The van der Waals surface area contributed by atoms with Crippen molar-refractivity contribution in [1.29, 1.82) is 0 Å². The third-order valence-corrected chi connectivity index (χ3v) is 8.60. The summed E-state index contributed by atoms with van der Waals surface area (Å²) in [7, 11) is -1.61. The van der Waals surface area contributed by atoms with Crippen LogP contribution in [0, 0.1) is 12.3 Å². The van der Waals surface area contributed by atoms with E-state index in [1.807, 2.05) is 0 Å². The molecule has 0 aliphatic rings. The fourth-order valence-corrected chi connectivity index (χ4v) is 5.28. The van der Waals surface area contributed by atoms with E-state index in [2.05, 4.69) is 53.5 Å². The van der Waals surface area contributed by atoms with Crippen LogP contribution in [0.1, 0.15) is 54.4 Å². The van der Waals surface area contributed by atoms with E-state index in [4.69, 9.17) is 10.8 Å². The molecule has 0 aliphatic heterocycles. The molecule has 0 heterocycles. The van der Waals surface area contributed by atoms with Crippen molar-refractivity contribution in [3.05, 3.63) is 11.6 Å². The van der Waals surface area contributed by atoms with Gasteiger partial charge in [0.15, 0.2) is 8.32 Å². The first-order valence-corrected chi connectivity index (χ1v) is 9.71. The summed E-state index contributed by atoms with van der Waals surface area (Å²) in [6.45, 7) is 13.0. The summed E-state index contributed by atoms with van der Waals surface area (Å²) >= 11 is 0. The minimum atomic E-state index is -1.61. The van der Waals surface area contributed by atoms with Crippen molar-refractivity contribution >= 4 is 8.32 Å². The van der Waals surface area contributed by atoms with Gasteiger partial charge in [0.2, 0.25) is 0 Å². The van der Waals surface area contributed by atoms with Gasteiger partial charge < -0.3 is 4.43 Å². The van der Waals surface area contributed by atoms with Crippen LogP contribution in [-0.2, 0) is 4.43 Å². The molecule has 0 N–H and O–H groups in total. The maximum Gasteiger partial charge on any atom is 0.194 e. The largest absolute Gasteiger partial charge is 0.401 e. The second-order valence-corrected chi connectivity index (χ2v) is 10.2. The molecule has 0 aromatic heterocycles. The molecule has 1 nitrogen and oxygen atoms in total. The Morgan fingerprint density at radius 2 is 1.72 bits per heavy atom. The van der Waals surface area contributed by atoms with Gasteiger partial charge in [-0.25, -0.2) is 0 Å². The van der Waals surface area contributed by atoms with Crippen LogP contribution in [0.5, 0.6) is 0 Å². The lowest BCUT2D eigenvalue weighted by atomic mass is 10.0. The molecule has 2 heteroatoms. The molecule has 1 atom stereocenters. The van der Waals surface area contributed by atoms with Crippen LogP contribution in [0.25, 0.3) is 0 Å². The van der Waals surface area contributed by atoms with Crippen LogP contribution in [0.15, 0.2) is 11.6 Å². The molecular formula is C16H30OSi. The maximum absolute atomic E-state index is 6.48. The highest BCUT2D eigenvalue weighted by Gasteiger charge is 2.36. The van der Waals surface area contributed by atoms with Crippen LogP contribution in [-0.4, -0.2) is 13.9 Å². The first kappa shape index (κ1) is 17.5. The Kier molecular flexibility index (Phi) is 7.59. The molecule has 0 unspecified atom stereocenters. The minimum absolute atomic E-state index is 0.389. The van der Waals surface area contributed by atoms with Gasteiger partial charge in [0, 0.05) is 0 Å². The molecule has 0 bridgehead atoms. The van der Waals surface area contributed by atoms with Gasteiger partial charge in [-0.2, -0.15) is 0 Å². The SMILES string of the molecule is C#C[C@](C)(CCC=C(C)C)O[Si](CC)(CC)CC. The molecule has 0 spiro atoms. The first-order chi connectivity index (χ1) is 8.37. The maximum atomic E-state index is 6.48. The van der Waals surface area contributed by atoms with Crippen molar-refractivity contribution in [2.75, 3.05) is 0 Å². The molecule has 0 rings (SSSR count). The number of hydrogen-bond donors (Lipinski definition) is 0. The highest BCUT2D eigenvalue weighted by Crippen LogP contribution is 2.30. The average molecular weight is 267 g/mol. The molecular weight excluding hydrogens is 236 g/mol. The van der Waals surface area contributed by atoms with E-state index in [9.17, 15) is 0 Å². The number of terminal acetylenes is 1. The van der Waals surface area contributed by atoms with E-state index in [1.54, 1.807) is 0 Å². The van der Waals surface area contributed by atoms with Gasteiger partial charge in [-0.05, 0) is 51.7 Å². The van der Waals surface area contributed by atoms with Gasteiger partial charge in [0.1, 0.15) is 5.60 Å². The highest BCUT2D eigenvalue weighted by atomic mass is 28.4. The van der Waals surface area contributed by atoms with E-state index in [1.165, 1.54) is 5.57 Å². The molecule has 0 radical (unpaired) electrons. The lowest BCUT2D eigenvalue weighted by molar-refractivity contribution is 0.127. The summed E-state index contributed by atoms with van der Waals surface area (Å²) in [5.41, 5.74) is 0.958. The zero-order valence-corrected chi connectivity index (χ0v) is 14.1. The predicted molar refractivity (Wildman–Crippen MR) is 84.2 cm³/mol. The van der Waals surface area contributed by atoms with Crippen molar-refractivity contribution < 1.29 is 4.43 Å². The standard InChI is InChI=1S/C16H30OSi/c1-8-16(7,14-12-13-15(5)6)17-18(9-2,10-3)11-4/h1,13H,9-12,14H2,2-7H3/t16-/m1/s1. The summed E-state index contributed by atoms with van der Waals surface area (Å²) < 4.78 is 6.48. The topological polar surface area (TPSA) is 9.23 Å². The quantitative estimate of drug-likeness (QED) is 0.335. The average Bonchev–Trinajstić information content (AvgIpc) is 2.36. The van der Waals surface area contributed by atoms with Gasteiger partial charge >= 0.3 is 0 Å². The van der Waals surface area contributed by atoms with Crippen LogP contribution in [0.4, 0.5) is 0 Å². The van der Waals surface area contributed by atoms with Crippen molar-refractivity contribution in [1.82, 2.24) is 0 Å². The zero-order chi connectivity index (χ0) is 14.2. The molecule has 0 saturated heterocycles. The smallest absolute Gasteiger partial charge is 0.194 e. The number of hydrogen-bond acceptors (Lipinski definition) is 1. The Hall–Kier alpha value is -0.523. The van der Waals surface area contributed by atoms with Gasteiger partial charge in [-0.15, -0.1) is 6.42 Å². The minimum Gasteiger partial charge on any atom is -0.401 e. The van der Waals surface area contributed by atoms with Crippen LogP contribution >= 0.6 is 0 Å². The number of rotatable bonds is 8. The monoisotopic (exact) mass is 266 g/mol. The van der Waals surface area contributed by atoms with E-state index in [-0.39, 0.29) is 5.60 Å². The lowest BCUT2D eigenvalue weighted by Crippen LogP contribution is -2.45. The van der Waals surface area contributed by atoms with Crippen LogP contribution < -0.4 is 0 Å². The van der Waals surface area contributed by atoms with E-state index >= 15 is 0 Å². The Morgan fingerprint density at radius 1 is 1.22 bits per heavy atom. The van der Waals surface area contributed by atoms with Gasteiger partial charge in [-0.3, -0.25) is 0 Å². The first-order valence-electron chi connectivity index (χ1n) is 7.18. The van der Waals surface area contributed by atoms with Crippen LogP contribution in [0.2, 0.25) is 18.1 Å². The zero-order valence-electron chi connectivity index (χ0n) is 13.1. The molecule has 0 fully saturated rings. The highest BCUT2D eigenvalue weighted by molar-refractivity contribution is 6.73. The molecule has 18 heavy (non-hydrogen) atoms. The summed E-state index contributed by atoms with van der Waals surface area (Å²) in [6.07, 6.45) is 9.89. The Morgan fingerprint density at radius 3 is 2.06 bits per heavy atom. The third kappa shape index (κ3) is 5.41. The van der Waals surface area contributed by atoms with Crippen LogP contribution in [0.3, 0.4) is 0 Å². The van der Waals surface area contributed by atoms with E-state index in [0.717, 1.165) is 31.0 Å². The fraction of sp³-hybridized carbons (Fsp3) is 0.750. The molecule has 104 valence electrons. The Labute approximate surface area is 115 Å². The van der Waals surface area contributed by atoms with Gasteiger partial charge in [-0.1, -0.05) is 38.3 Å². The summed E-state index contributed by atoms with van der Waals surface area (Å²) in [5, 5.41) is 0. The normalized spacial score (nSPS) is 14.7. The third-order valence-electron chi connectivity index (χ3n) is 3.85. The van der Waals surface area contributed by atoms with Crippen molar-refractivity contribution in [3.8, 4) is 12.3 Å². The van der Waals surface area contributed by atoms with Gasteiger partial charge in [0.25, 0.3) is 0 Å². The molecule has 0 aromatic carbocycles. The Bertz CT molecular complexity index is 297. The van der Waals surface area contributed by atoms with E-state index < -0.39 is 8.32 Å². The molecule has 0 saturated carbocycles. The molecule has 0 amide bonds. The van der Waals surface area contributed by atoms with Crippen molar-refractivity contribution in [2.45, 2.75) is 78.1 Å². The predicted octanol–water partition coefficient (Wildman–Crippen LogP) is 5.15. The number of allylic oxidation sites excluding steroid dienone is 2. The van der Waals surface area contributed by atoms with E-state index in [0.29, 0.717) is 0 Å². The second kappa shape index (κ2) is 7.81. The fourth-order valence-electron chi connectivity index (χ4n) is 2.23. The molecule has 0 aliphatic carbocycles. The van der Waals surface area contributed by atoms with Gasteiger partial charge in [0.05, 0.1) is 0 Å². The summed E-state index contributed by atoms with van der Waals surface area (Å²) in [5.74, 6) is 2.89. The van der Waals surface area contributed by atoms with Crippen molar-refractivity contribution in [3.63, 3.8) is 0 Å². The summed E-state index contributed by atoms with van der Waals surface area (Å²) in [4.78, 5) is 0. The van der Waals surface area contributed by atoms with Crippen molar-refractivity contribution in [2.24, 2.45) is 0 Å². The molecule has 0 aromatic rings.